The van der Waals surface area contributed by atoms with Gasteiger partial charge in [0.25, 0.3) is 0 Å². The van der Waals surface area contributed by atoms with Crippen molar-refractivity contribution in [3.05, 3.63) is 0 Å². The number of rotatable bonds is 25. The first-order valence-corrected chi connectivity index (χ1v) is 13.6. The van der Waals surface area contributed by atoms with Gasteiger partial charge >= 0.3 is 5.97 Å². The molecule has 30 heavy (non-hydrogen) atoms. The van der Waals surface area contributed by atoms with Crippen LogP contribution in [0.5, 0.6) is 0 Å². The van der Waals surface area contributed by atoms with E-state index in [9.17, 15) is 9.90 Å². The third-order valence-electron chi connectivity index (χ3n) is 6.32. The van der Waals surface area contributed by atoms with Crippen LogP contribution in [0.1, 0.15) is 161 Å². The fraction of sp³-hybridized carbons (Fsp3) is 0.963. The number of hydrogen-bond acceptors (Lipinski definition) is 2. The van der Waals surface area contributed by atoms with Gasteiger partial charge < -0.3 is 10.2 Å². The number of aliphatic hydroxyl groups is 1. The molecule has 180 valence electrons. The summed E-state index contributed by atoms with van der Waals surface area (Å²) in [5.41, 5.74) is 0. The van der Waals surface area contributed by atoms with Crippen LogP contribution in [0.2, 0.25) is 0 Å². The highest BCUT2D eigenvalue weighted by Gasteiger charge is 2.04. The summed E-state index contributed by atoms with van der Waals surface area (Å²) in [6.07, 6.45) is 29.3. The maximum Gasteiger partial charge on any atom is 0.303 e. The molecule has 0 aliphatic heterocycles. The molecule has 1 unspecified atom stereocenters. The van der Waals surface area contributed by atoms with E-state index in [0.29, 0.717) is 6.42 Å². The molecule has 0 rings (SSSR count). The Morgan fingerprint density at radius 2 is 0.833 bits per heavy atom. The van der Waals surface area contributed by atoms with E-state index in [4.69, 9.17) is 5.11 Å². The van der Waals surface area contributed by atoms with Crippen molar-refractivity contribution in [3.8, 4) is 0 Å². The average molecular weight is 427 g/mol. The second-order valence-corrected chi connectivity index (χ2v) is 9.45. The van der Waals surface area contributed by atoms with Crippen LogP contribution in [0, 0.1) is 0 Å². The molecule has 0 aliphatic rings. The highest BCUT2D eigenvalue weighted by atomic mass is 16.4. The van der Waals surface area contributed by atoms with Gasteiger partial charge in [-0.3, -0.25) is 4.79 Å². The molecule has 3 nitrogen and oxygen atoms in total. The van der Waals surface area contributed by atoms with E-state index in [2.05, 4.69) is 6.92 Å². The Bertz CT molecular complexity index is 343. The molecule has 0 aromatic carbocycles. The molecule has 0 bridgehead atoms. The third kappa shape index (κ3) is 25.5. The third-order valence-corrected chi connectivity index (χ3v) is 6.32. The van der Waals surface area contributed by atoms with E-state index in [1.54, 1.807) is 0 Å². The Morgan fingerprint density at radius 1 is 0.533 bits per heavy atom. The van der Waals surface area contributed by atoms with Gasteiger partial charge in [-0.25, -0.2) is 0 Å². The zero-order chi connectivity index (χ0) is 22.1. The van der Waals surface area contributed by atoms with Gasteiger partial charge in [-0.1, -0.05) is 135 Å². The maximum absolute atomic E-state index is 10.4. The molecule has 0 spiro atoms. The zero-order valence-corrected chi connectivity index (χ0v) is 20.4. The fourth-order valence-corrected chi connectivity index (χ4v) is 4.26. The average Bonchev–Trinajstić information content (AvgIpc) is 2.72. The number of carbonyl (C=O) groups is 1. The monoisotopic (exact) mass is 426 g/mol. The highest BCUT2D eigenvalue weighted by Crippen LogP contribution is 2.16. The number of unbranched alkanes of at least 4 members (excludes halogenated alkanes) is 19. The molecule has 3 heteroatoms. The predicted molar refractivity (Wildman–Crippen MR) is 130 cm³/mol. The first kappa shape index (κ1) is 29.4. The van der Waals surface area contributed by atoms with Gasteiger partial charge in [0, 0.05) is 6.42 Å². The summed E-state index contributed by atoms with van der Waals surface area (Å²) < 4.78 is 0. The Kier molecular flexibility index (Phi) is 24.2. The molecule has 0 saturated carbocycles. The van der Waals surface area contributed by atoms with Crippen LogP contribution in [-0.2, 0) is 4.79 Å². The lowest BCUT2D eigenvalue weighted by Gasteiger charge is -2.10. The highest BCUT2D eigenvalue weighted by molar-refractivity contribution is 5.66. The van der Waals surface area contributed by atoms with Gasteiger partial charge in [-0.05, 0) is 19.3 Å². The van der Waals surface area contributed by atoms with E-state index >= 15 is 0 Å². The van der Waals surface area contributed by atoms with E-state index in [1.165, 1.54) is 122 Å². The Morgan fingerprint density at radius 3 is 1.17 bits per heavy atom. The lowest BCUT2D eigenvalue weighted by molar-refractivity contribution is -0.137. The minimum atomic E-state index is -0.664. The number of aliphatic carboxylic acids is 1. The summed E-state index contributed by atoms with van der Waals surface area (Å²) >= 11 is 0. The summed E-state index contributed by atoms with van der Waals surface area (Å²) in [5.74, 6) is -0.664. The smallest absolute Gasteiger partial charge is 0.303 e. The molecule has 0 aromatic rings. The lowest BCUT2D eigenvalue weighted by Crippen LogP contribution is -2.05. The number of carboxylic acids is 1. The second kappa shape index (κ2) is 24.7. The van der Waals surface area contributed by atoms with Gasteiger partial charge in [0.15, 0.2) is 0 Å². The molecule has 0 saturated heterocycles. The van der Waals surface area contributed by atoms with Crippen molar-refractivity contribution in [2.45, 2.75) is 167 Å². The minimum Gasteiger partial charge on any atom is -0.481 e. The van der Waals surface area contributed by atoms with Crippen LogP contribution < -0.4 is 0 Å². The SMILES string of the molecule is CCCCCCCCCCCC(O)CCCCCCCCCCCCCCC(=O)O. The number of aliphatic hydroxyl groups excluding tert-OH is 1. The van der Waals surface area contributed by atoms with Crippen LogP contribution >= 0.6 is 0 Å². The second-order valence-electron chi connectivity index (χ2n) is 9.45. The topological polar surface area (TPSA) is 57.5 Å². The Balaban J connectivity index is 3.14. The number of carboxylic acid groups (broad SMARTS) is 1. The normalized spacial score (nSPS) is 12.3. The minimum absolute atomic E-state index is 0.0648. The van der Waals surface area contributed by atoms with Crippen molar-refractivity contribution in [1.29, 1.82) is 0 Å². The molecule has 0 fully saturated rings. The summed E-state index contributed by atoms with van der Waals surface area (Å²) in [6, 6.07) is 0. The van der Waals surface area contributed by atoms with Crippen LogP contribution in [0.25, 0.3) is 0 Å². The van der Waals surface area contributed by atoms with E-state index in [-0.39, 0.29) is 6.10 Å². The van der Waals surface area contributed by atoms with Gasteiger partial charge in [-0.2, -0.15) is 0 Å². The molecule has 0 aromatic heterocycles. The van der Waals surface area contributed by atoms with E-state index < -0.39 is 5.97 Å². The zero-order valence-electron chi connectivity index (χ0n) is 20.4. The predicted octanol–water partition coefficient (Wildman–Crippen LogP) is 8.81. The van der Waals surface area contributed by atoms with E-state index in [0.717, 1.165) is 25.7 Å². The van der Waals surface area contributed by atoms with Gasteiger partial charge in [0.05, 0.1) is 6.10 Å². The van der Waals surface area contributed by atoms with Crippen molar-refractivity contribution in [3.63, 3.8) is 0 Å². The van der Waals surface area contributed by atoms with Crippen LogP contribution in [0.3, 0.4) is 0 Å². The van der Waals surface area contributed by atoms with Gasteiger partial charge in [-0.15, -0.1) is 0 Å². The van der Waals surface area contributed by atoms with Crippen molar-refractivity contribution >= 4 is 5.97 Å². The molecule has 0 radical (unpaired) electrons. The van der Waals surface area contributed by atoms with Gasteiger partial charge in [0.1, 0.15) is 0 Å². The largest absolute Gasteiger partial charge is 0.481 e. The summed E-state index contributed by atoms with van der Waals surface area (Å²) in [6.45, 7) is 2.27. The van der Waals surface area contributed by atoms with Crippen molar-refractivity contribution in [2.24, 2.45) is 0 Å². The van der Waals surface area contributed by atoms with Gasteiger partial charge in [0.2, 0.25) is 0 Å². The molecule has 1 atom stereocenters. The lowest BCUT2D eigenvalue weighted by atomic mass is 10.0. The molecule has 0 amide bonds. The standard InChI is InChI=1S/C27H54O3/c1-2-3-4-5-6-11-14-17-20-23-26(28)24-21-18-15-12-9-7-8-10-13-16-19-22-25-27(29)30/h26,28H,2-25H2,1H3,(H,29,30). The van der Waals surface area contributed by atoms with Crippen LogP contribution in [0.4, 0.5) is 0 Å². The summed E-state index contributed by atoms with van der Waals surface area (Å²) in [4.78, 5) is 10.4. The maximum atomic E-state index is 10.4. The molecule has 0 aliphatic carbocycles. The van der Waals surface area contributed by atoms with Crippen LogP contribution in [-0.4, -0.2) is 22.3 Å². The fourth-order valence-electron chi connectivity index (χ4n) is 4.26. The summed E-state index contributed by atoms with van der Waals surface area (Å²) in [7, 11) is 0. The quantitative estimate of drug-likeness (QED) is 0.143. The first-order valence-electron chi connectivity index (χ1n) is 13.6. The molecule has 2 N–H and O–H groups in total. The van der Waals surface area contributed by atoms with Crippen molar-refractivity contribution in [2.75, 3.05) is 0 Å². The first-order chi connectivity index (χ1) is 14.7. The Labute approximate surface area is 188 Å². The molecular formula is C27H54O3. The molecule has 0 heterocycles. The molecular weight excluding hydrogens is 372 g/mol. The van der Waals surface area contributed by atoms with Crippen LogP contribution in [0.15, 0.2) is 0 Å². The van der Waals surface area contributed by atoms with E-state index in [1.807, 2.05) is 0 Å². The number of hydrogen-bond donors (Lipinski definition) is 2. The van der Waals surface area contributed by atoms with Crippen molar-refractivity contribution in [1.82, 2.24) is 0 Å². The van der Waals surface area contributed by atoms with Crippen molar-refractivity contribution < 1.29 is 15.0 Å². The Hall–Kier alpha value is -0.570. The summed E-state index contributed by atoms with van der Waals surface area (Å²) in [5, 5.41) is 18.7.